The number of rotatable bonds is 5. The second-order valence-electron chi connectivity index (χ2n) is 5.97. The monoisotopic (exact) mass is 345 g/mol. The molecule has 2 N–H and O–H groups in total. The minimum Gasteiger partial charge on any atom is -0.481 e. The van der Waals surface area contributed by atoms with Crippen LogP contribution >= 0.6 is 11.6 Å². The molecule has 0 radical (unpaired) electrons. The average molecular weight is 346 g/mol. The highest BCUT2D eigenvalue weighted by Gasteiger charge is 2.27. The van der Waals surface area contributed by atoms with Crippen molar-refractivity contribution < 1.29 is 14.6 Å². The van der Waals surface area contributed by atoms with Crippen LogP contribution in [-0.4, -0.2) is 17.1 Å². The smallest absolute Gasteiger partial charge is 0.261 e. The molecule has 0 aromatic heterocycles. The lowest BCUT2D eigenvalue weighted by atomic mass is 10.1. The molecular weight excluding hydrogens is 326 g/mol. The van der Waals surface area contributed by atoms with Crippen molar-refractivity contribution in [3.05, 3.63) is 64.2 Å². The molecule has 2 aromatic rings. The van der Waals surface area contributed by atoms with Gasteiger partial charge in [0, 0.05) is 5.02 Å². The Morgan fingerprint density at radius 2 is 2.17 bits per heavy atom. The van der Waals surface area contributed by atoms with Crippen LogP contribution in [0.3, 0.4) is 0 Å². The van der Waals surface area contributed by atoms with Crippen LogP contribution in [0.1, 0.15) is 36.1 Å². The number of carbonyl (C=O) groups excluding carboxylic acids is 1. The van der Waals surface area contributed by atoms with E-state index in [2.05, 4.69) is 5.32 Å². The number of fused-ring (bicyclic) bond motifs is 1. The van der Waals surface area contributed by atoms with Gasteiger partial charge in [0.2, 0.25) is 0 Å². The normalized spacial score (nSPS) is 17.2. The maximum Gasteiger partial charge on any atom is 0.261 e. The van der Waals surface area contributed by atoms with Crippen LogP contribution < -0.4 is 10.1 Å². The molecule has 1 aliphatic rings. The van der Waals surface area contributed by atoms with Gasteiger partial charge in [-0.1, -0.05) is 35.9 Å². The number of aliphatic hydroxyl groups is 1. The zero-order chi connectivity index (χ0) is 17.1. The lowest BCUT2D eigenvalue weighted by molar-refractivity contribution is -0.128. The molecule has 0 bridgehead atoms. The van der Waals surface area contributed by atoms with Crippen LogP contribution in [0.15, 0.2) is 42.5 Å². The van der Waals surface area contributed by atoms with E-state index in [1.54, 1.807) is 31.2 Å². The number of hydrogen-bond acceptors (Lipinski definition) is 3. The SMILES string of the molecule is CC(Oc1cccc(CO)c1)C(=O)NC1CCc2c(Cl)cccc21. The molecule has 3 rings (SSSR count). The molecule has 2 aromatic carbocycles. The molecule has 0 spiro atoms. The minimum atomic E-state index is -0.623. The van der Waals surface area contributed by atoms with Crippen molar-refractivity contribution in [1.82, 2.24) is 5.32 Å². The van der Waals surface area contributed by atoms with E-state index in [1.165, 1.54) is 0 Å². The topological polar surface area (TPSA) is 58.6 Å². The molecule has 126 valence electrons. The van der Waals surface area contributed by atoms with Crippen molar-refractivity contribution >= 4 is 17.5 Å². The molecule has 2 atom stereocenters. The summed E-state index contributed by atoms with van der Waals surface area (Å²) in [6.45, 7) is 1.66. The molecule has 0 fully saturated rings. The van der Waals surface area contributed by atoms with Crippen molar-refractivity contribution in [2.75, 3.05) is 0 Å². The third-order valence-corrected chi connectivity index (χ3v) is 4.65. The van der Waals surface area contributed by atoms with Crippen molar-refractivity contribution in [3.63, 3.8) is 0 Å². The summed E-state index contributed by atoms with van der Waals surface area (Å²) in [5.74, 6) is 0.404. The summed E-state index contributed by atoms with van der Waals surface area (Å²) in [5, 5.41) is 13.0. The number of aliphatic hydroxyl groups excluding tert-OH is 1. The molecule has 0 heterocycles. The van der Waals surface area contributed by atoms with Gasteiger partial charge in [-0.05, 0) is 54.7 Å². The molecule has 24 heavy (non-hydrogen) atoms. The average Bonchev–Trinajstić information content (AvgIpc) is 2.99. The summed E-state index contributed by atoms with van der Waals surface area (Å²) in [6, 6.07) is 12.9. The van der Waals surface area contributed by atoms with Gasteiger partial charge in [-0.3, -0.25) is 4.79 Å². The number of carbonyl (C=O) groups is 1. The number of benzene rings is 2. The summed E-state index contributed by atoms with van der Waals surface area (Å²) < 4.78 is 5.69. The Bertz CT molecular complexity index is 747. The Morgan fingerprint density at radius 1 is 1.38 bits per heavy atom. The molecule has 0 saturated carbocycles. The second-order valence-corrected chi connectivity index (χ2v) is 6.38. The highest BCUT2D eigenvalue weighted by atomic mass is 35.5. The molecule has 1 amide bonds. The van der Waals surface area contributed by atoms with Gasteiger partial charge in [-0.2, -0.15) is 0 Å². The van der Waals surface area contributed by atoms with Crippen molar-refractivity contribution in [2.24, 2.45) is 0 Å². The molecule has 4 nitrogen and oxygen atoms in total. The van der Waals surface area contributed by atoms with Gasteiger partial charge < -0.3 is 15.2 Å². The van der Waals surface area contributed by atoms with E-state index in [4.69, 9.17) is 21.4 Å². The number of nitrogens with one attached hydrogen (secondary N) is 1. The predicted molar refractivity (Wildman–Crippen MR) is 93.1 cm³/mol. The number of amides is 1. The molecule has 0 saturated heterocycles. The number of ether oxygens (including phenoxy) is 1. The van der Waals surface area contributed by atoms with E-state index >= 15 is 0 Å². The van der Waals surface area contributed by atoms with Crippen LogP contribution in [0.4, 0.5) is 0 Å². The van der Waals surface area contributed by atoms with E-state index in [0.717, 1.165) is 34.6 Å². The Morgan fingerprint density at radius 3 is 2.96 bits per heavy atom. The van der Waals surface area contributed by atoms with E-state index in [-0.39, 0.29) is 18.6 Å². The Kier molecular flexibility index (Phi) is 5.07. The Hall–Kier alpha value is -2.04. The number of halogens is 1. The zero-order valence-electron chi connectivity index (χ0n) is 13.5. The minimum absolute atomic E-state index is 0.0268. The molecule has 2 unspecified atom stereocenters. The van der Waals surface area contributed by atoms with Crippen molar-refractivity contribution in [1.29, 1.82) is 0 Å². The van der Waals surface area contributed by atoms with E-state index in [0.29, 0.717) is 5.75 Å². The van der Waals surface area contributed by atoms with Crippen molar-refractivity contribution in [3.8, 4) is 5.75 Å². The highest BCUT2D eigenvalue weighted by molar-refractivity contribution is 6.31. The van der Waals surface area contributed by atoms with Crippen LogP contribution in [0.5, 0.6) is 5.75 Å². The lowest BCUT2D eigenvalue weighted by Crippen LogP contribution is -2.38. The maximum absolute atomic E-state index is 12.4. The van der Waals surface area contributed by atoms with Gasteiger partial charge in [0.05, 0.1) is 12.6 Å². The van der Waals surface area contributed by atoms with E-state index in [1.807, 2.05) is 18.2 Å². The summed E-state index contributed by atoms with van der Waals surface area (Å²) in [6.07, 6.45) is 1.09. The molecular formula is C19H20ClNO3. The first-order chi connectivity index (χ1) is 11.6. The van der Waals surface area contributed by atoms with Crippen molar-refractivity contribution in [2.45, 2.75) is 38.5 Å². The van der Waals surface area contributed by atoms with Gasteiger partial charge >= 0.3 is 0 Å². The second kappa shape index (κ2) is 7.24. The first-order valence-electron chi connectivity index (χ1n) is 8.02. The summed E-state index contributed by atoms with van der Waals surface area (Å²) in [5.41, 5.74) is 2.96. The molecule has 5 heteroatoms. The third-order valence-electron chi connectivity index (χ3n) is 4.29. The van der Waals surface area contributed by atoms with Gasteiger partial charge in [0.1, 0.15) is 5.75 Å². The number of hydrogen-bond donors (Lipinski definition) is 2. The third kappa shape index (κ3) is 3.55. The first-order valence-corrected chi connectivity index (χ1v) is 8.40. The summed E-state index contributed by atoms with van der Waals surface area (Å²) in [7, 11) is 0. The van der Waals surface area contributed by atoms with Gasteiger partial charge in [0.15, 0.2) is 6.10 Å². The van der Waals surface area contributed by atoms with Gasteiger partial charge in [-0.25, -0.2) is 0 Å². The fourth-order valence-electron chi connectivity index (χ4n) is 3.02. The van der Waals surface area contributed by atoms with Crippen LogP contribution in [0.25, 0.3) is 0 Å². The highest BCUT2D eigenvalue weighted by Crippen LogP contribution is 2.35. The Balaban J connectivity index is 1.64. The van der Waals surface area contributed by atoms with E-state index in [9.17, 15) is 4.79 Å². The van der Waals surface area contributed by atoms with E-state index < -0.39 is 6.10 Å². The Labute approximate surface area is 146 Å². The maximum atomic E-state index is 12.4. The fourth-order valence-corrected chi connectivity index (χ4v) is 3.30. The molecule has 1 aliphatic carbocycles. The van der Waals surface area contributed by atoms with Crippen LogP contribution in [0.2, 0.25) is 5.02 Å². The predicted octanol–water partition coefficient (Wildman–Crippen LogP) is 3.40. The quantitative estimate of drug-likeness (QED) is 0.873. The lowest BCUT2D eigenvalue weighted by Gasteiger charge is -2.19. The van der Waals surface area contributed by atoms with Crippen LogP contribution in [0, 0.1) is 0 Å². The van der Waals surface area contributed by atoms with Crippen LogP contribution in [-0.2, 0) is 17.8 Å². The van der Waals surface area contributed by atoms with Gasteiger partial charge in [0.25, 0.3) is 5.91 Å². The summed E-state index contributed by atoms with van der Waals surface area (Å²) >= 11 is 6.21. The molecule has 0 aliphatic heterocycles. The fraction of sp³-hybridized carbons (Fsp3) is 0.316. The summed E-state index contributed by atoms with van der Waals surface area (Å²) in [4.78, 5) is 12.4. The first kappa shape index (κ1) is 16.8. The standard InChI is InChI=1S/C19H20ClNO3/c1-12(24-14-5-2-4-13(10-14)11-22)19(23)21-18-9-8-15-16(18)6-3-7-17(15)20/h2-7,10,12,18,22H,8-9,11H2,1H3,(H,21,23). The largest absolute Gasteiger partial charge is 0.481 e. The zero-order valence-corrected chi connectivity index (χ0v) is 14.2. The van der Waals surface area contributed by atoms with Gasteiger partial charge in [-0.15, -0.1) is 0 Å².